The first-order chi connectivity index (χ1) is 11.6. The second-order valence-corrected chi connectivity index (χ2v) is 5.20. The first-order valence-corrected chi connectivity index (χ1v) is 7.36. The van der Waals surface area contributed by atoms with Gasteiger partial charge >= 0.3 is 0 Å². The quantitative estimate of drug-likeness (QED) is 0.716. The van der Waals surface area contributed by atoms with E-state index in [9.17, 15) is 9.59 Å². The Hall–Kier alpha value is -3.35. The van der Waals surface area contributed by atoms with Crippen molar-refractivity contribution in [3.8, 4) is 5.69 Å². The fraction of sp³-hybridized carbons (Fsp3) is 0.118. The highest BCUT2D eigenvalue weighted by molar-refractivity contribution is 5.96. The van der Waals surface area contributed by atoms with Crippen molar-refractivity contribution < 1.29 is 14.0 Å². The van der Waals surface area contributed by atoms with E-state index >= 15 is 0 Å². The summed E-state index contributed by atoms with van der Waals surface area (Å²) < 4.78 is 6.74. The summed E-state index contributed by atoms with van der Waals surface area (Å²) in [6.45, 7) is 1.68. The van der Waals surface area contributed by atoms with Gasteiger partial charge in [0.2, 0.25) is 5.91 Å². The van der Waals surface area contributed by atoms with Crippen molar-refractivity contribution in [3.63, 3.8) is 0 Å². The third kappa shape index (κ3) is 3.52. The number of aryl methyl sites for hydroxylation is 1. The molecule has 0 saturated heterocycles. The highest BCUT2D eigenvalue weighted by atomic mass is 16.3. The van der Waals surface area contributed by atoms with Crippen LogP contribution in [0.5, 0.6) is 0 Å². The van der Waals surface area contributed by atoms with Crippen LogP contribution in [0.15, 0.2) is 59.5 Å². The number of carbonyl (C=O) groups is 2. The number of benzene rings is 1. The fourth-order valence-electron chi connectivity index (χ4n) is 2.22. The van der Waals surface area contributed by atoms with E-state index in [1.165, 1.54) is 6.26 Å². The molecule has 7 nitrogen and oxygen atoms in total. The highest BCUT2D eigenvalue weighted by Crippen LogP contribution is 2.09. The monoisotopic (exact) mass is 324 g/mol. The Morgan fingerprint density at radius 3 is 2.67 bits per heavy atom. The lowest BCUT2D eigenvalue weighted by molar-refractivity contribution is -0.121. The number of hydrogen-bond donors (Lipinski definition) is 2. The first-order valence-electron chi connectivity index (χ1n) is 7.36. The number of hydrazine groups is 1. The van der Waals surface area contributed by atoms with Gasteiger partial charge in [-0.3, -0.25) is 20.4 Å². The van der Waals surface area contributed by atoms with Crippen molar-refractivity contribution in [3.05, 3.63) is 71.9 Å². The Bertz CT molecular complexity index is 852. The predicted molar refractivity (Wildman–Crippen MR) is 86.3 cm³/mol. The Labute approximate surface area is 138 Å². The van der Waals surface area contributed by atoms with Gasteiger partial charge in [-0.15, -0.1) is 0 Å². The van der Waals surface area contributed by atoms with Crippen LogP contribution in [0.2, 0.25) is 0 Å². The predicted octanol–water partition coefficient (Wildman–Crippen LogP) is 1.78. The average molecular weight is 324 g/mol. The Kier molecular flexibility index (Phi) is 4.42. The molecular formula is C17H16N4O3. The van der Waals surface area contributed by atoms with Crippen LogP contribution in [-0.2, 0) is 11.2 Å². The number of hydrogen-bond acceptors (Lipinski definition) is 4. The van der Waals surface area contributed by atoms with Gasteiger partial charge in [0.1, 0.15) is 5.76 Å². The minimum absolute atomic E-state index is 0.109. The number of aromatic nitrogens is 2. The van der Waals surface area contributed by atoms with Gasteiger partial charge in [-0.05, 0) is 30.7 Å². The molecule has 3 aromatic rings. The fourth-order valence-corrected chi connectivity index (χ4v) is 2.22. The minimum Gasteiger partial charge on any atom is -0.469 e. The largest absolute Gasteiger partial charge is 0.469 e. The van der Waals surface area contributed by atoms with Crippen LogP contribution in [0, 0.1) is 6.92 Å². The summed E-state index contributed by atoms with van der Waals surface area (Å²) in [7, 11) is 0. The van der Waals surface area contributed by atoms with Gasteiger partial charge in [-0.1, -0.05) is 18.2 Å². The normalized spacial score (nSPS) is 10.4. The van der Waals surface area contributed by atoms with Crippen molar-refractivity contribution in [1.82, 2.24) is 20.6 Å². The van der Waals surface area contributed by atoms with E-state index in [-0.39, 0.29) is 12.3 Å². The van der Waals surface area contributed by atoms with Crippen molar-refractivity contribution in [2.24, 2.45) is 0 Å². The minimum atomic E-state index is -0.422. The summed E-state index contributed by atoms with van der Waals surface area (Å²) in [5.74, 6) is -0.266. The molecule has 2 heterocycles. The zero-order valence-corrected chi connectivity index (χ0v) is 13.0. The van der Waals surface area contributed by atoms with Gasteiger partial charge in [0.15, 0.2) is 0 Å². The molecule has 1 aromatic carbocycles. The SMILES string of the molecule is Cc1occc1C(=O)NNC(=O)Cc1cnn(-c2ccccc2)c1. The molecule has 0 saturated carbocycles. The van der Waals surface area contributed by atoms with Gasteiger partial charge < -0.3 is 4.42 Å². The summed E-state index contributed by atoms with van der Waals surface area (Å²) in [4.78, 5) is 23.8. The molecule has 0 aliphatic heterocycles. The van der Waals surface area contributed by atoms with E-state index in [1.807, 2.05) is 30.3 Å². The van der Waals surface area contributed by atoms with Crippen LogP contribution in [-0.4, -0.2) is 21.6 Å². The second-order valence-electron chi connectivity index (χ2n) is 5.20. The number of rotatable bonds is 4. The lowest BCUT2D eigenvalue weighted by Crippen LogP contribution is -2.42. The zero-order valence-electron chi connectivity index (χ0n) is 13.0. The molecule has 0 radical (unpaired) electrons. The number of carbonyl (C=O) groups excluding carboxylic acids is 2. The highest BCUT2D eigenvalue weighted by Gasteiger charge is 2.13. The van der Waals surface area contributed by atoms with Crippen LogP contribution in [0.1, 0.15) is 21.7 Å². The number of furan rings is 1. The number of para-hydroxylation sites is 1. The van der Waals surface area contributed by atoms with Crippen LogP contribution >= 0.6 is 0 Å². The van der Waals surface area contributed by atoms with Crippen LogP contribution in [0.3, 0.4) is 0 Å². The maximum absolute atomic E-state index is 11.9. The van der Waals surface area contributed by atoms with Gasteiger partial charge in [0, 0.05) is 6.20 Å². The van der Waals surface area contributed by atoms with E-state index in [1.54, 1.807) is 30.1 Å². The molecule has 2 N–H and O–H groups in total. The van der Waals surface area contributed by atoms with Crippen molar-refractivity contribution in [2.45, 2.75) is 13.3 Å². The van der Waals surface area contributed by atoms with Gasteiger partial charge in [-0.25, -0.2) is 4.68 Å². The molecule has 2 amide bonds. The van der Waals surface area contributed by atoms with Crippen molar-refractivity contribution in [1.29, 1.82) is 0 Å². The lowest BCUT2D eigenvalue weighted by Gasteiger charge is -2.05. The van der Waals surface area contributed by atoms with Gasteiger partial charge in [0.05, 0.1) is 30.1 Å². The smallest absolute Gasteiger partial charge is 0.273 e. The molecule has 0 aliphatic carbocycles. The van der Waals surface area contributed by atoms with E-state index in [2.05, 4.69) is 16.0 Å². The summed E-state index contributed by atoms with van der Waals surface area (Å²) in [6, 6.07) is 11.1. The van der Waals surface area contributed by atoms with Gasteiger partial charge in [-0.2, -0.15) is 5.10 Å². The van der Waals surface area contributed by atoms with E-state index in [4.69, 9.17) is 4.42 Å². The van der Waals surface area contributed by atoms with Crippen LogP contribution in [0.4, 0.5) is 0 Å². The number of nitrogens with zero attached hydrogens (tertiary/aromatic N) is 2. The molecular weight excluding hydrogens is 308 g/mol. The van der Waals surface area contributed by atoms with Gasteiger partial charge in [0.25, 0.3) is 5.91 Å². The molecule has 7 heteroatoms. The molecule has 0 bridgehead atoms. The maximum Gasteiger partial charge on any atom is 0.273 e. The summed E-state index contributed by atoms with van der Waals surface area (Å²) in [5.41, 5.74) is 6.77. The lowest BCUT2D eigenvalue weighted by atomic mass is 10.2. The molecule has 122 valence electrons. The maximum atomic E-state index is 11.9. The molecule has 0 fully saturated rings. The molecule has 0 atom stereocenters. The number of amides is 2. The van der Waals surface area contributed by atoms with Crippen LogP contribution in [0.25, 0.3) is 5.69 Å². The van der Waals surface area contributed by atoms with Crippen molar-refractivity contribution >= 4 is 11.8 Å². The molecule has 0 aliphatic rings. The standard InChI is InChI=1S/C17H16N4O3/c1-12-15(7-8-24-12)17(23)20-19-16(22)9-13-10-18-21(11-13)14-5-3-2-4-6-14/h2-8,10-11H,9H2,1H3,(H,19,22)(H,20,23). The zero-order chi connectivity index (χ0) is 16.9. The van der Waals surface area contributed by atoms with E-state index in [0.717, 1.165) is 11.3 Å². The molecule has 2 aromatic heterocycles. The second kappa shape index (κ2) is 6.82. The Morgan fingerprint density at radius 2 is 1.96 bits per heavy atom. The third-order valence-electron chi connectivity index (χ3n) is 3.44. The molecule has 3 rings (SSSR count). The molecule has 0 spiro atoms. The molecule has 24 heavy (non-hydrogen) atoms. The Morgan fingerprint density at radius 1 is 1.17 bits per heavy atom. The van der Waals surface area contributed by atoms with E-state index < -0.39 is 5.91 Å². The third-order valence-corrected chi connectivity index (χ3v) is 3.44. The van der Waals surface area contributed by atoms with Crippen LogP contribution < -0.4 is 10.9 Å². The summed E-state index contributed by atoms with van der Waals surface area (Å²) >= 11 is 0. The average Bonchev–Trinajstić information content (AvgIpc) is 3.22. The Balaban J connectivity index is 1.55. The summed E-state index contributed by atoms with van der Waals surface area (Å²) in [6.07, 6.45) is 4.92. The first kappa shape index (κ1) is 15.5. The van der Waals surface area contributed by atoms with E-state index in [0.29, 0.717) is 11.3 Å². The topological polar surface area (TPSA) is 89.2 Å². The molecule has 0 unspecified atom stereocenters. The number of nitrogens with one attached hydrogen (secondary N) is 2. The van der Waals surface area contributed by atoms with Crippen molar-refractivity contribution in [2.75, 3.05) is 0 Å². The summed E-state index contributed by atoms with van der Waals surface area (Å²) in [5, 5.41) is 4.22.